The summed E-state index contributed by atoms with van der Waals surface area (Å²) in [6.07, 6.45) is 6.78. The van der Waals surface area contributed by atoms with E-state index in [4.69, 9.17) is 0 Å². The lowest BCUT2D eigenvalue weighted by atomic mass is 9.85. The lowest BCUT2D eigenvalue weighted by molar-refractivity contribution is 0.348. The van der Waals surface area contributed by atoms with Crippen LogP contribution in [0.5, 0.6) is 0 Å². The van der Waals surface area contributed by atoms with Gasteiger partial charge in [0.15, 0.2) is 0 Å². The van der Waals surface area contributed by atoms with Gasteiger partial charge < -0.3 is 5.32 Å². The molecule has 0 amide bonds. The van der Waals surface area contributed by atoms with Crippen LogP contribution < -0.4 is 5.32 Å². The molecule has 0 fully saturated rings. The van der Waals surface area contributed by atoms with Gasteiger partial charge >= 0.3 is 0 Å². The van der Waals surface area contributed by atoms with Gasteiger partial charge in [0.05, 0.1) is 0 Å². The lowest BCUT2D eigenvalue weighted by Crippen LogP contribution is -2.34. The van der Waals surface area contributed by atoms with E-state index in [9.17, 15) is 0 Å². The third-order valence-electron chi connectivity index (χ3n) is 2.50. The zero-order chi connectivity index (χ0) is 11.0. The van der Waals surface area contributed by atoms with Gasteiger partial charge in [-0.2, -0.15) is 11.8 Å². The Balaban J connectivity index is 3.85. The summed E-state index contributed by atoms with van der Waals surface area (Å²) < 4.78 is 0. The van der Waals surface area contributed by atoms with Crippen LogP contribution in [0.3, 0.4) is 0 Å². The Morgan fingerprint density at radius 1 is 1.50 bits per heavy atom. The summed E-state index contributed by atoms with van der Waals surface area (Å²) in [6.45, 7) is 11.6. The van der Waals surface area contributed by atoms with E-state index in [0.29, 0.717) is 6.04 Å². The fraction of sp³-hybridized carbons (Fsp3) is 0.833. The van der Waals surface area contributed by atoms with Gasteiger partial charge in [-0.1, -0.05) is 26.8 Å². The van der Waals surface area contributed by atoms with Crippen molar-refractivity contribution in [3.05, 3.63) is 12.7 Å². The molecule has 0 bridgehead atoms. The second-order valence-electron chi connectivity index (χ2n) is 4.49. The molecule has 0 spiro atoms. The Morgan fingerprint density at radius 2 is 2.14 bits per heavy atom. The summed E-state index contributed by atoms with van der Waals surface area (Å²) in [4.78, 5) is 0. The van der Waals surface area contributed by atoms with Crippen molar-refractivity contribution in [3.63, 3.8) is 0 Å². The van der Waals surface area contributed by atoms with Gasteiger partial charge in [-0.15, -0.1) is 6.58 Å². The maximum absolute atomic E-state index is 3.94. The minimum atomic E-state index is 0.264. The van der Waals surface area contributed by atoms with E-state index in [1.54, 1.807) is 0 Å². The van der Waals surface area contributed by atoms with Crippen molar-refractivity contribution in [3.8, 4) is 0 Å². The van der Waals surface area contributed by atoms with Gasteiger partial charge in [-0.25, -0.2) is 0 Å². The molecule has 0 aromatic rings. The van der Waals surface area contributed by atoms with Crippen molar-refractivity contribution in [2.24, 2.45) is 5.41 Å². The average molecular weight is 215 g/mol. The van der Waals surface area contributed by atoms with Crippen LogP contribution in [0, 0.1) is 5.41 Å². The molecule has 1 unspecified atom stereocenters. The maximum atomic E-state index is 3.94. The van der Waals surface area contributed by atoms with Crippen LogP contribution >= 0.6 is 11.8 Å². The van der Waals surface area contributed by atoms with Gasteiger partial charge in [0.1, 0.15) is 0 Å². The van der Waals surface area contributed by atoms with Gasteiger partial charge in [0.2, 0.25) is 0 Å². The van der Waals surface area contributed by atoms with Crippen molar-refractivity contribution >= 4 is 11.8 Å². The van der Waals surface area contributed by atoms with E-state index in [2.05, 4.69) is 45.0 Å². The molecular weight excluding hydrogens is 190 g/mol. The second kappa shape index (κ2) is 7.36. The molecule has 84 valence electrons. The van der Waals surface area contributed by atoms with Gasteiger partial charge in [0.25, 0.3) is 0 Å². The predicted octanol–water partition coefficient (Wildman–Crippen LogP) is 3.32. The van der Waals surface area contributed by atoms with Crippen molar-refractivity contribution in [2.75, 3.05) is 18.6 Å². The van der Waals surface area contributed by atoms with Crippen molar-refractivity contribution in [2.45, 2.75) is 39.7 Å². The summed E-state index contributed by atoms with van der Waals surface area (Å²) in [5.74, 6) is 1.26. The Kier molecular flexibility index (Phi) is 7.38. The molecule has 0 saturated carbocycles. The smallest absolute Gasteiger partial charge is 0.00421 e. The van der Waals surface area contributed by atoms with E-state index >= 15 is 0 Å². The zero-order valence-corrected chi connectivity index (χ0v) is 10.9. The van der Waals surface area contributed by atoms with Crippen LogP contribution in [0.15, 0.2) is 12.7 Å². The number of nitrogens with one attached hydrogen (secondary N) is 1. The third-order valence-corrected chi connectivity index (χ3v) is 3.20. The minimum Gasteiger partial charge on any atom is -0.314 e. The standard InChI is InChI=1S/C12H25NS/c1-6-12(4,8-7-9-14-5)10-13-11(2)3/h6,11,13H,1,7-10H2,2-5H3. The summed E-state index contributed by atoms with van der Waals surface area (Å²) in [7, 11) is 0. The van der Waals surface area contributed by atoms with Gasteiger partial charge in [0, 0.05) is 12.6 Å². The van der Waals surface area contributed by atoms with Gasteiger partial charge in [-0.3, -0.25) is 0 Å². The first kappa shape index (κ1) is 14.1. The highest BCUT2D eigenvalue weighted by Crippen LogP contribution is 2.24. The molecule has 0 aliphatic carbocycles. The summed E-state index contributed by atoms with van der Waals surface area (Å²) >= 11 is 1.92. The van der Waals surface area contributed by atoms with Crippen molar-refractivity contribution in [1.82, 2.24) is 5.32 Å². The van der Waals surface area contributed by atoms with Crippen LogP contribution in [0.25, 0.3) is 0 Å². The Morgan fingerprint density at radius 3 is 2.57 bits per heavy atom. The van der Waals surface area contributed by atoms with Crippen LogP contribution in [0.1, 0.15) is 33.6 Å². The Labute approximate surface area is 93.7 Å². The largest absolute Gasteiger partial charge is 0.314 e. The van der Waals surface area contributed by atoms with Crippen molar-refractivity contribution < 1.29 is 0 Å². The molecule has 1 N–H and O–H groups in total. The summed E-state index contributed by atoms with van der Waals surface area (Å²) in [5, 5.41) is 3.49. The van der Waals surface area contributed by atoms with Crippen LogP contribution in [0.2, 0.25) is 0 Å². The number of hydrogen-bond donors (Lipinski definition) is 1. The van der Waals surface area contributed by atoms with Gasteiger partial charge in [-0.05, 0) is 30.3 Å². The molecule has 1 atom stereocenters. The Bertz CT molecular complexity index is 156. The molecule has 0 rings (SSSR count). The quantitative estimate of drug-likeness (QED) is 0.492. The fourth-order valence-corrected chi connectivity index (χ4v) is 1.75. The maximum Gasteiger partial charge on any atom is 0.00421 e. The molecule has 0 saturated heterocycles. The molecular formula is C12H25NS. The number of thioether (sulfide) groups is 1. The lowest BCUT2D eigenvalue weighted by Gasteiger charge is -2.27. The fourth-order valence-electron chi connectivity index (χ4n) is 1.32. The van der Waals surface area contributed by atoms with Crippen LogP contribution in [0.4, 0.5) is 0 Å². The third kappa shape index (κ3) is 6.50. The van der Waals surface area contributed by atoms with E-state index < -0.39 is 0 Å². The first-order valence-electron chi connectivity index (χ1n) is 5.40. The molecule has 0 aromatic heterocycles. The predicted molar refractivity (Wildman–Crippen MR) is 69.1 cm³/mol. The molecule has 0 aliphatic rings. The number of hydrogen-bond acceptors (Lipinski definition) is 2. The summed E-state index contributed by atoms with van der Waals surface area (Å²) in [6, 6.07) is 0.565. The second-order valence-corrected chi connectivity index (χ2v) is 5.48. The Hall–Kier alpha value is 0.0500. The monoisotopic (exact) mass is 215 g/mol. The van der Waals surface area contributed by atoms with Crippen LogP contribution in [-0.4, -0.2) is 24.6 Å². The zero-order valence-electron chi connectivity index (χ0n) is 10.1. The normalized spacial score (nSPS) is 15.5. The first-order chi connectivity index (χ1) is 6.54. The topological polar surface area (TPSA) is 12.0 Å². The van der Waals surface area contributed by atoms with E-state index in [0.717, 1.165) is 6.54 Å². The molecule has 2 heteroatoms. The highest BCUT2D eigenvalue weighted by molar-refractivity contribution is 7.98. The SMILES string of the molecule is C=CC(C)(CCCSC)CNC(C)C. The van der Waals surface area contributed by atoms with Crippen molar-refractivity contribution in [1.29, 1.82) is 0 Å². The van der Waals surface area contributed by atoms with Crippen LogP contribution in [-0.2, 0) is 0 Å². The molecule has 1 nitrogen and oxygen atoms in total. The average Bonchev–Trinajstić information content (AvgIpc) is 2.15. The molecule has 0 radical (unpaired) electrons. The van der Waals surface area contributed by atoms with E-state index in [1.165, 1.54) is 18.6 Å². The minimum absolute atomic E-state index is 0.264. The molecule has 0 aliphatic heterocycles. The van der Waals surface area contributed by atoms with E-state index in [1.807, 2.05) is 11.8 Å². The van der Waals surface area contributed by atoms with E-state index in [-0.39, 0.29) is 5.41 Å². The summed E-state index contributed by atoms with van der Waals surface area (Å²) in [5.41, 5.74) is 0.264. The highest BCUT2D eigenvalue weighted by Gasteiger charge is 2.19. The first-order valence-corrected chi connectivity index (χ1v) is 6.79. The molecule has 0 heterocycles. The highest BCUT2D eigenvalue weighted by atomic mass is 32.2. The molecule has 14 heavy (non-hydrogen) atoms. The molecule has 0 aromatic carbocycles. The number of rotatable bonds is 8.